The summed E-state index contributed by atoms with van der Waals surface area (Å²) in [5.74, 6) is 0.522. The molecule has 0 saturated carbocycles. The maximum absolute atomic E-state index is 12.3. The molecule has 1 amide bonds. The van der Waals surface area contributed by atoms with Crippen LogP contribution >= 0.6 is 0 Å². The summed E-state index contributed by atoms with van der Waals surface area (Å²) in [6.45, 7) is 2.84. The number of aromatic nitrogens is 3. The summed E-state index contributed by atoms with van der Waals surface area (Å²) in [7, 11) is 0. The Labute approximate surface area is 192 Å². The molecule has 33 heavy (non-hydrogen) atoms. The maximum atomic E-state index is 12.3. The molecule has 0 spiro atoms. The number of nitrogens with one attached hydrogen (secondary N) is 1. The van der Waals surface area contributed by atoms with Crippen LogP contribution in [-0.4, -0.2) is 33.5 Å². The summed E-state index contributed by atoms with van der Waals surface area (Å²) >= 11 is 0. The smallest absolute Gasteiger partial charge is 0.271 e. The molecule has 2 heterocycles. The van der Waals surface area contributed by atoms with Gasteiger partial charge in [0.05, 0.1) is 18.5 Å². The molecule has 4 rings (SSSR count). The molecule has 0 aliphatic rings. The highest BCUT2D eigenvalue weighted by molar-refractivity contribution is 5.95. The van der Waals surface area contributed by atoms with E-state index in [4.69, 9.17) is 9.84 Å². The minimum absolute atomic E-state index is 0.306. The zero-order chi connectivity index (χ0) is 22.9. The largest absolute Gasteiger partial charge is 0.494 e. The van der Waals surface area contributed by atoms with Crippen molar-refractivity contribution >= 4 is 12.1 Å². The van der Waals surface area contributed by atoms with Crippen molar-refractivity contribution in [3.05, 3.63) is 96.4 Å². The number of ether oxygens (including phenoxy) is 1. The highest BCUT2D eigenvalue weighted by Gasteiger charge is 2.12. The van der Waals surface area contributed by atoms with Gasteiger partial charge in [0.25, 0.3) is 5.91 Å². The van der Waals surface area contributed by atoms with Crippen LogP contribution in [0.15, 0.2) is 90.4 Å². The minimum atomic E-state index is -0.306. The first kappa shape index (κ1) is 22.0. The number of para-hydroxylation sites is 1. The van der Waals surface area contributed by atoms with Crippen molar-refractivity contribution in [3.63, 3.8) is 0 Å². The van der Waals surface area contributed by atoms with Crippen LogP contribution in [-0.2, 0) is 0 Å². The fourth-order valence-corrected chi connectivity index (χ4v) is 3.19. The second-order valence-electron chi connectivity index (χ2n) is 7.37. The molecule has 2 aromatic heterocycles. The van der Waals surface area contributed by atoms with Gasteiger partial charge in [0.15, 0.2) is 0 Å². The molecule has 7 nitrogen and oxygen atoms in total. The standard InChI is InChI=1S/C26H25N5O2/c1-2-3-17-33-24-11-9-20(10-12-24)25-22(19-31(30-25)23-7-5-4-6-8-23)18-28-29-26(32)21-13-15-27-16-14-21/h4-16,18-19H,2-3,17H2,1H3,(H,29,32). The predicted molar refractivity (Wildman–Crippen MR) is 129 cm³/mol. The minimum Gasteiger partial charge on any atom is -0.494 e. The van der Waals surface area contributed by atoms with Crippen molar-refractivity contribution in [1.29, 1.82) is 0 Å². The van der Waals surface area contributed by atoms with E-state index in [9.17, 15) is 4.79 Å². The van der Waals surface area contributed by atoms with E-state index in [0.717, 1.165) is 41.1 Å². The van der Waals surface area contributed by atoms with Crippen LogP contribution < -0.4 is 10.2 Å². The number of nitrogens with zero attached hydrogens (tertiary/aromatic N) is 4. The molecule has 2 aromatic carbocycles. The molecule has 0 bridgehead atoms. The first-order valence-electron chi connectivity index (χ1n) is 10.9. The number of hydrazone groups is 1. The summed E-state index contributed by atoms with van der Waals surface area (Å²) in [6.07, 6.45) is 8.74. The van der Waals surface area contributed by atoms with Gasteiger partial charge in [-0.05, 0) is 55.0 Å². The molecular weight excluding hydrogens is 414 g/mol. The number of amides is 1. The average Bonchev–Trinajstić information content (AvgIpc) is 3.30. The summed E-state index contributed by atoms with van der Waals surface area (Å²) in [6, 6.07) is 20.9. The number of pyridine rings is 1. The number of benzene rings is 2. The first-order valence-corrected chi connectivity index (χ1v) is 10.9. The Morgan fingerprint density at radius 2 is 1.82 bits per heavy atom. The van der Waals surface area contributed by atoms with Crippen molar-refractivity contribution < 1.29 is 9.53 Å². The van der Waals surface area contributed by atoms with Crippen LogP contribution in [0.3, 0.4) is 0 Å². The van der Waals surface area contributed by atoms with Gasteiger partial charge in [0.1, 0.15) is 11.4 Å². The Morgan fingerprint density at radius 3 is 2.55 bits per heavy atom. The molecule has 0 fully saturated rings. The monoisotopic (exact) mass is 439 g/mol. The Kier molecular flexibility index (Phi) is 7.22. The van der Waals surface area contributed by atoms with Crippen LogP contribution in [0.2, 0.25) is 0 Å². The third kappa shape index (κ3) is 5.71. The van der Waals surface area contributed by atoms with E-state index in [1.165, 1.54) is 0 Å². The van der Waals surface area contributed by atoms with E-state index in [-0.39, 0.29) is 5.91 Å². The lowest BCUT2D eigenvalue weighted by atomic mass is 10.1. The Balaban J connectivity index is 1.58. The molecule has 7 heteroatoms. The van der Waals surface area contributed by atoms with Crippen molar-refractivity contribution in [2.24, 2.45) is 5.10 Å². The third-order valence-corrected chi connectivity index (χ3v) is 4.97. The van der Waals surface area contributed by atoms with E-state index in [0.29, 0.717) is 12.2 Å². The van der Waals surface area contributed by atoms with Gasteiger partial charge in [0.2, 0.25) is 0 Å². The second-order valence-corrected chi connectivity index (χ2v) is 7.37. The number of hydrogen-bond acceptors (Lipinski definition) is 5. The van der Waals surface area contributed by atoms with Gasteiger partial charge in [-0.25, -0.2) is 10.1 Å². The third-order valence-electron chi connectivity index (χ3n) is 4.97. The molecule has 166 valence electrons. The summed E-state index contributed by atoms with van der Waals surface area (Å²) in [5, 5.41) is 8.93. The number of carbonyl (C=O) groups is 1. The van der Waals surface area contributed by atoms with Crippen LogP contribution in [0, 0.1) is 0 Å². The molecular formula is C26H25N5O2. The zero-order valence-corrected chi connectivity index (χ0v) is 18.4. The van der Waals surface area contributed by atoms with Crippen LogP contribution in [0.5, 0.6) is 5.75 Å². The fourth-order valence-electron chi connectivity index (χ4n) is 3.19. The zero-order valence-electron chi connectivity index (χ0n) is 18.4. The highest BCUT2D eigenvalue weighted by Crippen LogP contribution is 2.25. The SMILES string of the molecule is CCCCOc1ccc(-c2nn(-c3ccccc3)cc2C=NNC(=O)c2ccncc2)cc1. The summed E-state index contributed by atoms with van der Waals surface area (Å²) in [4.78, 5) is 16.2. The average molecular weight is 440 g/mol. The van der Waals surface area contributed by atoms with Crippen molar-refractivity contribution in [2.45, 2.75) is 19.8 Å². The number of hydrogen-bond donors (Lipinski definition) is 1. The number of carbonyl (C=O) groups excluding carboxylic acids is 1. The first-order chi connectivity index (χ1) is 16.2. The lowest BCUT2D eigenvalue weighted by Gasteiger charge is -2.06. The molecule has 1 N–H and O–H groups in total. The molecule has 0 unspecified atom stereocenters. The molecule has 0 atom stereocenters. The predicted octanol–water partition coefficient (Wildman–Crippen LogP) is 4.88. The van der Waals surface area contributed by atoms with Gasteiger partial charge in [-0.2, -0.15) is 10.2 Å². The topological polar surface area (TPSA) is 81.4 Å². The maximum Gasteiger partial charge on any atom is 0.271 e. The van der Waals surface area contributed by atoms with Crippen molar-refractivity contribution in [1.82, 2.24) is 20.2 Å². The second kappa shape index (κ2) is 10.9. The van der Waals surface area contributed by atoms with E-state index in [1.807, 2.05) is 60.8 Å². The van der Waals surface area contributed by atoms with Gasteiger partial charge in [0, 0.05) is 35.3 Å². The molecule has 0 aliphatic carbocycles. The summed E-state index contributed by atoms with van der Waals surface area (Å²) in [5.41, 5.74) is 6.42. The quantitative estimate of drug-likeness (QED) is 0.229. The van der Waals surface area contributed by atoms with Gasteiger partial charge in [-0.15, -0.1) is 0 Å². The van der Waals surface area contributed by atoms with E-state index >= 15 is 0 Å². The number of unbranched alkanes of at least 4 members (excludes halogenated alkanes) is 1. The molecule has 4 aromatic rings. The van der Waals surface area contributed by atoms with Gasteiger partial charge in [-0.1, -0.05) is 31.5 Å². The highest BCUT2D eigenvalue weighted by atomic mass is 16.5. The normalized spacial score (nSPS) is 10.9. The van der Waals surface area contributed by atoms with Gasteiger partial charge < -0.3 is 4.74 Å². The van der Waals surface area contributed by atoms with Crippen molar-refractivity contribution in [2.75, 3.05) is 6.61 Å². The Bertz CT molecular complexity index is 1200. The van der Waals surface area contributed by atoms with E-state index in [2.05, 4.69) is 22.4 Å². The fraction of sp³-hybridized carbons (Fsp3) is 0.154. The van der Waals surface area contributed by atoms with Crippen LogP contribution in [0.1, 0.15) is 35.7 Å². The van der Waals surface area contributed by atoms with Crippen LogP contribution in [0.4, 0.5) is 0 Å². The molecule has 0 aliphatic heterocycles. The van der Waals surface area contributed by atoms with Crippen LogP contribution in [0.25, 0.3) is 16.9 Å². The Morgan fingerprint density at radius 1 is 1.06 bits per heavy atom. The van der Waals surface area contributed by atoms with Gasteiger partial charge in [-0.3, -0.25) is 9.78 Å². The van der Waals surface area contributed by atoms with Gasteiger partial charge >= 0.3 is 0 Å². The van der Waals surface area contributed by atoms with Crippen molar-refractivity contribution in [3.8, 4) is 22.7 Å². The molecule has 0 saturated heterocycles. The van der Waals surface area contributed by atoms with E-state index in [1.54, 1.807) is 35.4 Å². The lowest BCUT2D eigenvalue weighted by molar-refractivity contribution is 0.0955. The lowest BCUT2D eigenvalue weighted by Crippen LogP contribution is -2.17. The Hall–Kier alpha value is -4.26. The molecule has 0 radical (unpaired) electrons. The van der Waals surface area contributed by atoms with E-state index < -0.39 is 0 Å². The number of rotatable bonds is 9. The summed E-state index contributed by atoms with van der Waals surface area (Å²) < 4.78 is 7.57.